The fraction of sp³-hybridized carbons (Fsp3) is 0.875. The zero-order chi connectivity index (χ0) is 9.78. The maximum atomic E-state index is 10.8. The average Bonchev–Trinajstić information content (AvgIpc) is 1.82. The first-order valence-corrected chi connectivity index (χ1v) is 4.73. The number of likely N-dealkylation sites (N-methyl/N-ethyl adjacent to an activating group) is 1. The van der Waals surface area contributed by atoms with Crippen LogP contribution in [0.5, 0.6) is 0 Å². The van der Waals surface area contributed by atoms with Crippen molar-refractivity contribution in [2.24, 2.45) is 5.41 Å². The zero-order valence-electron chi connectivity index (χ0n) is 8.06. The molecule has 0 amide bonds. The van der Waals surface area contributed by atoms with Crippen molar-refractivity contribution in [3.05, 3.63) is 0 Å². The molecule has 0 aliphatic heterocycles. The maximum Gasteiger partial charge on any atom is 0.329 e. The molecule has 12 heavy (non-hydrogen) atoms. The highest BCUT2D eigenvalue weighted by Crippen LogP contribution is 2.13. The van der Waals surface area contributed by atoms with Crippen LogP contribution in [0, 0.1) is 5.41 Å². The highest BCUT2D eigenvalue weighted by molar-refractivity contribution is 14.1. The number of hydrogen-bond donors (Lipinski definition) is 0. The molecule has 0 aliphatic rings. The Labute approximate surface area is 88.1 Å². The molecule has 0 radical (unpaired) electrons. The van der Waals surface area contributed by atoms with Crippen LogP contribution < -0.4 is 0 Å². The van der Waals surface area contributed by atoms with Crippen LogP contribution in [0.25, 0.3) is 0 Å². The Morgan fingerprint density at radius 3 is 2.33 bits per heavy atom. The lowest BCUT2D eigenvalue weighted by Gasteiger charge is -2.25. The first kappa shape index (κ1) is 12.2. The van der Waals surface area contributed by atoms with Crippen LogP contribution >= 0.6 is 23.0 Å². The number of nitrogens with zero attached hydrogens (tertiary/aromatic N) is 1. The van der Waals surface area contributed by atoms with E-state index in [0.717, 1.165) is 6.54 Å². The van der Waals surface area contributed by atoms with Gasteiger partial charge in [-0.15, -0.1) is 0 Å². The van der Waals surface area contributed by atoms with Gasteiger partial charge in [-0.25, -0.2) is 4.79 Å². The molecule has 0 aromatic carbocycles. The van der Waals surface area contributed by atoms with Crippen molar-refractivity contribution in [1.82, 2.24) is 4.90 Å². The fourth-order valence-corrected chi connectivity index (χ4v) is 1.25. The highest BCUT2D eigenvalue weighted by Gasteiger charge is 2.15. The van der Waals surface area contributed by atoms with Crippen molar-refractivity contribution >= 4 is 29.0 Å². The molecule has 72 valence electrons. The predicted octanol–water partition coefficient (Wildman–Crippen LogP) is 1.86. The molecule has 0 N–H and O–H groups in total. The van der Waals surface area contributed by atoms with Crippen molar-refractivity contribution in [3.63, 3.8) is 0 Å². The Morgan fingerprint density at radius 1 is 1.50 bits per heavy atom. The molecule has 3 nitrogen and oxygen atoms in total. The van der Waals surface area contributed by atoms with Crippen LogP contribution in [-0.2, 0) is 7.86 Å². The Kier molecular flexibility index (Phi) is 5.08. The summed E-state index contributed by atoms with van der Waals surface area (Å²) in [4.78, 5) is 12.8. The molecule has 0 aliphatic carbocycles. The van der Waals surface area contributed by atoms with Crippen LogP contribution in [0.1, 0.15) is 20.8 Å². The van der Waals surface area contributed by atoms with Crippen molar-refractivity contribution in [1.29, 1.82) is 0 Å². The summed E-state index contributed by atoms with van der Waals surface area (Å²) in [7, 11) is 1.92. The van der Waals surface area contributed by atoms with E-state index in [4.69, 9.17) is 0 Å². The van der Waals surface area contributed by atoms with Gasteiger partial charge in [0.15, 0.2) is 23.0 Å². The van der Waals surface area contributed by atoms with Gasteiger partial charge in [-0.3, -0.25) is 4.90 Å². The monoisotopic (exact) mass is 285 g/mol. The molecule has 0 heterocycles. The van der Waals surface area contributed by atoms with E-state index in [9.17, 15) is 4.79 Å². The number of carbonyl (C=O) groups excluding carboxylic acids is 1. The Bertz CT molecular complexity index is 154. The zero-order valence-corrected chi connectivity index (χ0v) is 10.2. The van der Waals surface area contributed by atoms with Gasteiger partial charge in [0, 0.05) is 6.54 Å². The summed E-state index contributed by atoms with van der Waals surface area (Å²) in [6.07, 6.45) is 0. The second-order valence-electron chi connectivity index (χ2n) is 4.18. The van der Waals surface area contributed by atoms with E-state index in [1.54, 1.807) is 23.0 Å². The fourth-order valence-electron chi connectivity index (χ4n) is 1.11. The standard InChI is InChI=1S/C8H16INO2/c1-8(2,3)6-10(4)5-7(11)12-9/h5-6H2,1-4H3. The van der Waals surface area contributed by atoms with E-state index < -0.39 is 0 Å². The molecule has 0 rings (SSSR count). The SMILES string of the molecule is CN(CC(=O)OI)CC(C)(C)C. The second kappa shape index (κ2) is 5.01. The minimum atomic E-state index is -0.192. The largest absolute Gasteiger partial charge is 0.394 e. The quantitative estimate of drug-likeness (QED) is 0.741. The molecule has 0 unspecified atom stereocenters. The molecular formula is C8H16INO2. The van der Waals surface area contributed by atoms with E-state index in [-0.39, 0.29) is 11.4 Å². The van der Waals surface area contributed by atoms with Gasteiger partial charge < -0.3 is 3.07 Å². The van der Waals surface area contributed by atoms with Crippen LogP contribution in [0.2, 0.25) is 0 Å². The maximum absolute atomic E-state index is 10.8. The van der Waals surface area contributed by atoms with Crippen LogP contribution in [-0.4, -0.2) is 31.0 Å². The molecule has 0 bridgehead atoms. The summed E-state index contributed by atoms with van der Waals surface area (Å²) >= 11 is 1.61. The molecule has 0 fully saturated rings. The minimum absolute atomic E-state index is 0.192. The van der Waals surface area contributed by atoms with Gasteiger partial charge in [0.25, 0.3) is 0 Å². The normalized spacial score (nSPS) is 11.8. The number of hydrogen-bond acceptors (Lipinski definition) is 3. The van der Waals surface area contributed by atoms with Crippen LogP contribution in [0.4, 0.5) is 0 Å². The Balaban J connectivity index is 3.74. The van der Waals surface area contributed by atoms with Crippen molar-refractivity contribution in [3.8, 4) is 0 Å². The van der Waals surface area contributed by atoms with Gasteiger partial charge in [-0.1, -0.05) is 20.8 Å². The third kappa shape index (κ3) is 6.84. The van der Waals surface area contributed by atoms with Gasteiger partial charge in [0.1, 0.15) is 0 Å². The predicted molar refractivity (Wildman–Crippen MR) is 57.1 cm³/mol. The van der Waals surface area contributed by atoms with Crippen LogP contribution in [0.15, 0.2) is 0 Å². The molecule has 0 atom stereocenters. The summed E-state index contributed by atoms with van der Waals surface area (Å²) in [5.41, 5.74) is 0.223. The van der Waals surface area contributed by atoms with E-state index >= 15 is 0 Å². The topological polar surface area (TPSA) is 29.5 Å². The summed E-state index contributed by atoms with van der Waals surface area (Å²) in [6, 6.07) is 0. The summed E-state index contributed by atoms with van der Waals surface area (Å²) in [5.74, 6) is -0.192. The summed E-state index contributed by atoms with van der Waals surface area (Å²) in [5, 5.41) is 0. The summed E-state index contributed by atoms with van der Waals surface area (Å²) < 4.78 is 4.52. The van der Waals surface area contributed by atoms with E-state index in [1.165, 1.54) is 0 Å². The molecular weight excluding hydrogens is 269 g/mol. The number of halogens is 1. The first-order valence-electron chi connectivity index (χ1n) is 3.85. The molecule has 0 aromatic heterocycles. The Hall–Kier alpha value is 0.160. The molecule has 0 saturated heterocycles. The van der Waals surface area contributed by atoms with E-state index in [2.05, 4.69) is 23.8 Å². The molecule has 4 heteroatoms. The van der Waals surface area contributed by atoms with Crippen molar-refractivity contribution < 1.29 is 7.86 Å². The Morgan fingerprint density at radius 2 is 2.00 bits per heavy atom. The van der Waals surface area contributed by atoms with E-state index in [1.807, 2.05) is 11.9 Å². The number of rotatable bonds is 3. The van der Waals surface area contributed by atoms with Crippen molar-refractivity contribution in [2.45, 2.75) is 20.8 Å². The lowest BCUT2D eigenvalue weighted by atomic mass is 9.96. The van der Waals surface area contributed by atoms with Gasteiger partial charge >= 0.3 is 5.97 Å². The minimum Gasteiger partial charge on any atom is -0.394 e. The van der Waals surface area contributed by atoms with Gasteiger partial charge in [-0.05, 0) is 12.5 Å². The highest BCUT2D eigenvalue weighted by atomic mass is 127. The van der Waals surface area contributed by atoms with Crippen LogP contribution in [0.3, 0.4) is 0 Å². The number of carbonyl (C=O) groups is 1. The van der Waals surface area contributed by atoms with Gasteiger partial charge in [0.05, 0.1) is 6.54 Å². The van der Waals surface area contributed by atoms with Gasteiger partial charge in [-0.2, -0.15) is 0 Å². The smallest absolute Gasteiger partial charge is 0.329 e. The second-order valence-corrected chi connectivity index (χ2v) is 4.62. The summed E-state index contributed by atoms with van der Waals surface area (Å²) in [6.45, 7) is 7.66. The molecule has 0 spiro atoms. The lowest BCUT2D eigenvalue weighted by molar-refractivity contribution is -0.132. The average molecular weight is 285 g/mol. The van der Waals surface area contributed by atoms with E-state index in [0.29, 0.717) is 6.54 Å². The first-order chi connectivity index (χ1) is 5.35. The lowest BCUT2D eigenvalue weighted by Crippen LogP contribution is -2.33. The molecule has 0 aromatic rings. The molecule has 0 saturated carbocycles. The third-order valence-corrected chi connectivity index (χ3v) is 1.72. The van der Waals surface area contributed by atoms with Crippen molar-refractivity contribution in [2.75, 3.05) is 20.1 Å². The third-order valence-electron chi connectivity index (χ3n) is 1.23. The van der Waals surface area contributed by atoms with Gasteiger partial charge in [0.2, 0.25) is 0 Å².